The molecule has 0 saturated carbocycles. The number of imide groups is 1. The summed E-state index contributed by atoms with van der Waals surface area (Å²) in [6.07, 6.45) is 0.817. The van der Waals surface area contributed by atoms with Crippen LogP contribution in [0, 0.1) is 5.92 Å². The third kappa shape index (κ3) is 6.56. The second-order valence-electron chi connectivity index (χ2n) is 9.14. The van der Waals surface area contributed by atoms with Crippen LogP contribution in [-0.2, 0) is 22.6 Å². The minimum Gasteiger partial charge on any atom is -0.443 e. The molecule has 0 unspecified atom stereocenters. The normalized spacial score (nSPS) is 15.5. The SMILES string of the molecule is CC(C)(C)OC(=O)N(Cc1ccccc1N)C(=O)C1CCN(Cc2ccccc2)CC1. The van der Waals surface area contributed by atoms with Gasteiger partial charge in [-0.15, -0.1) is 0 Å². The number of para-hydroxylation sites is 1. The topological polar surface area (TPSA) is 75.9 Å². The molecule has 1 aliphatic heterocycles. The summed E-state index contributed by atoms with van der Waals surface area (Å²) in [5, 5.41) is 0. The fourth-order valence-corrected chi connectivity index (χ4v) is 3.80. The molecule has 0 spiro atoms. The van der Waals surface area contributed by atoms with Gasteiger partial charge >= 0.3 is 6.09 Å². The van der Waals surface area contributed by atoms with Crippen LogP contribution in [0.5, 0.6) is 0 Å². The Hall–Kier alpha value is -2.86. The van der Waals surface area contributed by atoms with Crippen LogP contribution in [0.25, 0.3) is 0 Å². The monoisotopic (exact) mass is 423 g/mol. The molecule has 2 N–H and O–H groups in total. The van der Waals surface area contributed by atoms with E-state index in [2.05, 4.69) is 17.0 Å². The molecule has 1 fully saturated rings. The summed E-state index contributed by atoms with van der Waals surface area (Å²) in [7, 11) is 0. The average Bonchev–Trinajstić information content (AvgIpc) is 2.73. The highest BCUT2D eigenvalue weighted by Crippen LogP contribution is 2.24. The second-order valence-corrected chi connectivity index (χ2v) is 9.14. The quantitative estimate of drug-likeness (QED) is 0.720. The van der Waals surface area contributed by atoms with Crippen LogP contribution in [0.2, 0.25) is 0 Å². The minimum atomic E-state index is -0.684. The van der Waals surface area contributed by atoms with E-state index in [0.29, 0.717) is 5.69 Å². The summed E-state index contributed by atoms with van der Waals surface area (Å²) < 4.78 is 5.54. The molecular weight excluding hydrogens is 390 g/mol. The van der Waals surface area contributed by atoms with Crippen LogP contribution in [0.4, 0.5) is 10.5 Å². The molecular formula is C25H33N3O3. The maximum atomic E-state index is 13.4. The Morgan fingerprint density at radius 3 is 2.26 bits per heavy atom. The lowest BCUT2D eigenvalue weighted by Crippen LogP contribution is -2.46. The average molecular weight is 424 g/mol. The highest BCUT2D eigenvalue weighted by Gasteiger charge is 2.34. The molecule has 3 rings (SSSR count). The van der Waals surface area contributed by atoms with Crippen molar-refractivity contribution in [2.75, 3.05) is 18.8 Å². The Kier molecular flexibility index (Phi) is 7.33. The van der Waals surface area contributed by atoms with E-state index in [1.54, 1.807) is 26.8 Å². The fourth-order valence-electron chi connectivity index (χ4n) is 3.80. The number of nitrogen functional groups attached to an aromatic ring is 1. The van der Waals surface area contributed by atoms with E-state index in [4.69, 9.17) is 10.5 Å². The van der Waals surface area contributed by atoms with Gasteiger partial charge < -0.3 is 10.5 Å². The highest BCUT2D eigenvalue weighted by molar-refractivity contribution is 5.93. The summed E-state index contributed by atoms with van der Waals surface area (Å²) in [5.41, 5.74) is 7.95. The summed E-state index contributed by atoms with van der Waals surface area (Å²) in [4.78, 5) is 29.9. The first-order valence-electron chi connectivity index (χ1n) is 10.9. The Morgan fingerprint density at radius 2 is 1.65 bits per heavy atom. The second kappa shape index (κ2) is 9.96. The van der Waals surface area contributed by atoms with Gasteiger partial charge in [0.25, 0.3) is 0 Å². The van der Waals surface area contributed by atoms with E-state index >= 15 is 0 Å². The number of hydrogen-bond donors (Lipinski definition) is 1. The first kappa shape index (κ1) is 22.8. The summed E-state index contributed by atoms with van der Waals surface area (Å²) in [6, 6.07) is 17.6. The van der Waals surface area contributed by atoms with E-state index in [1.807, 2.05) is 36.4 Å². The molecule has 6 heteroatoms. The van der Waals surface area contributed by atoms with Gasteiger partial charge in [0.05, 0.1) is 6.54 Å². The van der Waals surface area contributed by atoms with Gasteiger partial charge in [0.2, 0.25) is 5.91 Å². The molecule has 1 heterocycles. The molecule has 0 aliphatic carbocycles. The molecule has 0 radical (unpaired) electrons. The number of hydrogen-bond acceptors (Lipinski definition) is 5. The van der Waals surface area contributed by atoms with E-state index in [0.717, 1.165) is 38.0 Å². The van der Waals surface area contributed by atoms with Gasteiger partial charge in [-0.1, -0.05) is 48.5 Å². The zero-order chi connectivity index (χ0) is 22.4. The van der Waals surface area contributed by atoms with Gasteiger partial charge in [-0.25, -0.2) is 9.69 Å². The standard InChI is InChI=1S/C25H33N3O3/c1-25(2,3)31-24(30)28(18-21-11-7-8-12-22(21)26)23(29)20-13-15-27(16-14-20)17-19-9-5-4-6-10-19/h4-12,20H,13-18,26H2,1-3H3. The van der Waals surface area contributed by atoms with E-state index in [1.165, 1.54) is 10.5 Å². The molecule has 1 saturated heterocycles. The molecule has 0 aromatic heterocycles. The van der Waals surface area contributed by atoms with Crippen molar-refractivity contribution < 1.29 is 14.3 Å². The van der Waals surface area contributed by atoms with Gasteiger partial charge in [0, 0.05) is 18.2 Å². The van der Waals surface area contributed by atoms with Crippen LogP contribution in [-0.4, -0.2) is 40.5 Å². The minimum absolute atomic E-state index is 0.116. The van der Waals surface area contributed by atoms with E-state index < -0.39 is 11.7 Å². The molecule has 31 heavy (non-hydrogen) atoms. The number of amides is 2. The lowest BCUT2D eigenvalue weighted by molar-refractivity contribution is -0.136. The lowest BCUT2D eigenvalue weighted by atomic mass is 9.94. The number of carbonyl (C=O) groups is 2. The molecule has 2 aromatic rings. The lowest BCUT2D eigenvalue weighted by Gasteiger charge is -2.34. The first-order valence-corrected chi connectivity index (χ1v) is 10.9. The Bertz CT molecular complexity index is 884. The maximum Gasteiger partial charge on any atom is 0.417 e. The van der Waals surface area contributed by atoms with Gasteiger partial charge in [-0.3, -0.25) is 9.69 Å². The van der Waals surface area contributed by atoms with Gasteiger partial charge in [0.15, 0.2) is 0 Å². The van der Waals surface area contributed by atoms with Gasteiger partial charge in [-0.2, -0.15) is 0 Å². The van der Waals surface area contributed by atoms with Crippen molar-refractivity contribution in [2.24, 2.45) is 5.92 Å². The van der Waals surface area contributed by atoms with Crippen LogP contribution in [0.1, 0.15) is 44.7 Å². The molecule has 166 valence electrons. The number of likely N-dealkylation sites (tertiary alicyclic amines) is 1. The van der Waals surface area contributed by atoms with E-state index in [9.17, 15) is 9.59 Å². The van der Waals surface area contributed by atoms with Gasteiger partial charge in [0.1, 0.15) is 5.60 Å². The van der Waals surface area contributed by atoms with Crippen molar-refractivity contribution in [1.29, 1.82) is 0 Å². The summed E-state index contributed by atoms with van der Waals surface area (Å²) >= 11 is 0. The molecule has 6 nitrogen and oxygen atoms in total. The highest BCUT2D eigenvalue weighted by atomic mass is 16.6. The molecule has 2 aromatic carbocycles. The van der Waals surface area contributed by atoms with Crippen molar-refractivity contribution in [3.05, 3.63) is 65.7 Å². The largest absolute Gasteiger partial charge is 0.443 e. The van der Waals surface area contributed by atoms with Crippen LogP contribution in [0.15, 0.2) is 54.6 Å². The zero-order valence-corrected chi connectivity index (χ0v) is 18.7. The smallest absolute Gasteiger partial charge is 0.417 e. The number of piperidine rings is 1. The third-order valence-corrected chi connectivity index (χ3v) is 5.45. The Labute approximate surface area is 185 Å². The Morgan fingerprint density at radius 1 is 1.03 bits per heavy atom. The van der Waals surface area contributed by atoms with Crippen molar-refractivity contribution in [3.63, 3.8) is 0 Å². The predicted octanol–water partition coefficient (Wildman–Crippen LogP) is 4.44. The zero-order valence-electron chi connectivity index (χ0n) is 18.7. The fraction of sp³-hybridized carbons (Fsp3) is 0.440. The summed E-state index contributed by atoms with van der Waals surface area (Å²) in [5.74, 6) is -0.388. The molecule has 1 aliphatic rings. The Balaban J connectivity index is 1.68. The summed E-state index contributed by atoms with van der Waals surface area (Å²) in [6.45, 7) is 8.02. The number of ether oxygens (including phenoxy) is 1. The van der Waals surface area contributed by atoms with Crippen molar-refractivity contribution >= 4 is 17.7 Å². The number of rotatable bonds is 5. The number of carbonyl (C=O) groups excluding carboxylic acids is 2. The molecule has 2 amide bonds. The number of benzene rings is 2. The first-order chi connectivity index (χ1) is 14.7. The van der Waals surface area contributed by atoms with E-state index in [-0.39, 0.29) is 18.4 Å². The van der Waals surface area contributed by atoms with Crippen LogP contribution >= 0.6 is 0 Å². The number of nitrogens with zero attached hydrogens (tertiary/aromatic N) is 2. The third-order valence-electron chi connectivity index (χ3n) is 5.45. The van der Waals surface area contributed by atoms with Gasteiger partial charge in [-0.05, 0) is 63.9 Å². The number of nitrogens with two attached hydrogens (primary N) is 1. The molecule has 0 atom stereocenters. The maximum absolute atomic E-state index is 13.4. The van der Waals surface area contributed by atoms with Crippen molar-refractivity contribution in [2.45, 2.75) is 52.3 Å². The van der Waals surface area contributed by atoms with Crippen LogP contribution < -0.4 is 5.73 Å². The predicted molar refractivity (Wildman–Crippen MR) is 122 cm³/mol. The number of anilines is 1. The molecule has 0 bridgehead atoms. The van der Waals surface area contributed by atoms with Crippen LogP contribution in [0.3, 0.4) is 0 Å². The van der Waals surface area contributed by atoms with Crippen molar-refractivity contribution in [1.82, 2.24) is 9.80 Å². The van der Waals surface area contributed by atoms with Crippen molar-refractivity contribution in [3.8, 4) is 0 Å².